The minimum absolute atomic E-state index is 0. The number of ether oxygens (including phenoxy) is 4. The van der Waals surface area contributed by atoms with E-state index in [1.807, 2.05) is 80.4 Å². The Morgan fingerprint density at radius 2 is 1.04 bits per heavy atom. The maximum atomic E-state index is 10.2. The van der Waals surface area contributed by atoms with Crippen LogP contribution in [0.15, 0.2) is 37.2 Å². The molecule has 3 rings (SSSR count). The number of aromatic nitrogens is 6. The topological polar surface area (TPSA) is 207 Å². The number of carbonyl (C=O) groups is 1. The van der Waals surface area contributed by atoms with E-state index in [1.54, 1.807) is 18.0 Å². The van der Waals surface area contributed by atoms with Gasteiger partial charge in [-0.2, -0.15) is 47.0 Å². The average molecular weight is 1100 g/mol. The second-order valence-electron chi connectivity index (χ2n) is 17.6. The van der Waals surface area contributed by atoms with Gasteiger partial charge in [0.1, 0.15) is 30.6 Å². The monoisotopic (exact) mass is 1100 g/mol. The summed E-state index contributed by atoms with van der Waals surface area (Å²) in [5.74, 6) is 14.4. The highest BCUT2D eigenvalue weighted by Crippen LogP contribution is 2.10. The van der Waals surface area contributed by atoms with Crippen LogP contribution in [0, 0.1) is 23.7 Å². The van der Waals surface area contributed by atoms with Crippen molar-refractivity contribution in [1.82, 2.24) is 19.9 Å². The lowest BCUT2D eigenvalue weighted by atomic mass is 10.2. The number of nitrogens with two attached hydrogens (primary N) is 1. The molecule has 0 aliphatic heterocycles. The largest absolute Gasteiger partial charge is 0.481 e. The van der Waals surface area contributed by atoms with Crippen molar-refractivity contribution in [3.8, 4) is 0 Å². The highest BCUT2D eigenvalue weighted by atomic mass is 32.2. The van der Waals surface area contributed by atoms with Gasteiger partial charge in [0.05, 0.1) is 20.5 Å². The maximum Gasteiger partial charge on any atom is 0.304 e. The molecular weight excluding hydrogens is 1000 g/mol. The molecule has 21 heteroatoms. The van der Waals surface area contributed by atoms with Crippen LogP contribution in [0.1, 0.15) is 112 Å². The Labute approximate surface area is 452 Å². The number of thioether (sulfide) groups is 4. The van der Waals surface area contributed by atoms with Crippen molar-refractivity contribution in [3.05, 3.63) is 54.7 Å². The molecule has 0 amide bonds. The van der Waals surface area contributed by atoms with E-state index in [0.29, 0.717) is 29.4 Å². The van der Waals surface area contributed by atoms with Gasteiger partial charge in [-0.05, 0) is 72.4 Å². The molecule has 0 atom stereocenters. The van der Waals surface area contributed by atoms with E-state index in [4.69, 9.17) is 35.0 Å². The van der Waals surface area contributed by atoms with E-state index >= 15 is 0 Å². The van der Waals surface area contributed by atoms with Crippen LogP contribution < -0.4 is 14.9 Å². The normalized spacial score (nSPS) is 10.8. The molecule has 7 N–H and O–H groups in total. The van der Waals surface area contributed by atoms with Crippen LogP contribution >= 0.6 is 59.1 Å². The summed E-state index contributed by atoms with van der Waals surface area (Å²) in [7, 11) is 4.07. The first-order valence-corrected chi connectivity index (χ1v) is 30.4. The Kier molecular flexibility index (Phi) is 58.5. The molecule has 0 aliphatic carbocycles. The Bertz CT molecular complexity index is 1460. The number of carboxylic acids is 1. The molecule has 0 radical (unpaired) electrons. The van der Waals surface area contributed by atoms with Crippen LogP contribution in [0.4, 0.5) is 0 Å². The van der Waals surface area contributed by atoms with E-state index in [-0.39, 0.29) is 13.8 Å². The van der Waals surface area contributed by atoms with Crippen molar-refractivity contribution in [3.63, 3.8) is 0 Å². The number of imidazole rings is 3. The third-order valence-corrected chi connectivity index (χ3v) is 13.6. The van der Waals surface area contributed by atoms with Gasteiger partial charge >= 0.3 is 5.97 Å². The summed E-state index contributed by atoms with van der Waals surface area (Å²) in [6.07, 6.45) is 18.2. The van der Waals surface area contributed by atoms with Crippen LogP contribution in [0.25, 0.3) is 0 Å². The number of hydrogen-bond acceptors (Lipinski definition) is 15. The van der Waals surface area contributed by atoms with Gasteiger partial charge in [-0.25, -0.2) is 29.3 Å². The molecule has 0 saturated heterocycles. The molecule has 0 fully saturated rings. The van der Waals surface area contributed by atoms with Crippen molar-refractivity contribution >= 4 is 65.1 Å². The smallest absolute Gasteiger partial charge is 0.304 e. The predicted octanol–water partition coefficient (Wildman–Crippen LogP) is 9.82. The first-order valence-electron chi connectivity index (χ1n) is 24.9. The van der Waals surface area contributed by atoms with E-state index < -0.39 is 5.97 Å². The summed E-state index contributed by atoms with van der Waals surface area (Å²) in [5.41, 5.74) is 5.36. The Morgan fingerprint density at radius 3 is 1.39 bits per heavy atom. The second kappa shape index (κ2) is 56.3. The lowest BCUT2D eigenvalue weighted by molar-refractivity contribution is -0.690. The maximum absolute atomic E-state index is 10.2. The predicted molar refractivity (Wildman–Crippen MR) is 305 cm³/mol. The number of aliphatic carboxylic acids is 1. The molecule has 0 bridgehead atoms. The van der Waals surface area contributed by atoms with Gasteiger partial charge in [0.15, 0.2) is 6.42 Å². The zero-order chi connectivity index (χ0) is 52.3. The summed E-state index contributed by atoms with van der Waals surface area (Å²) >= 11 is 8.50. The number of aromatic amines is 3. The van der Waals surface area contributed by atoms with Crippen LogP contribution in [-0.2, 0) is 60.1 Å². The number of nitrogens with one attached hydrogen (secondary N) is 3. The molecule has 3 heterocycles. The second-order valence-corrected chi connectivity index (χ2v) is 23.3. The molecule has 0 aliphatic rings. The first kappa shape index (κ1) is 73.8. The van der Waals surface area contributed by atoms with Crippen LogP contribution in [0.5, 0.6) is 0 Å². The number of nitrogens with zero attached hydrogens (tertiary/aromatic N) is 3. The van der Waals surface area contributed by atoms with Gasteiger partial charge in [-0.1, -0.05) is 67.9 Å². The number of aryl methyl sites for hydroxylation is 3. The van der Waals surface area contributed by atoms with Crippen molar-refractivity contribution < 1.29 is 52.6 Å². The molecular formula is C50H101N7O9S5+2. The molecule has 16 nitrogen and oxygen atoms in total. The van der Waals surface area contributed by atoms with Gasteiger partial charge in [0.2, 0.25) is 0 Å². The molecule has 418 valence electrons. The van der Waals surface area contributed by atoms with E-state index in [2.05, 4.69) is 93.8 Å². The van der Waals surface area contributed by atoms with E-state index in [0.717, 1.165) is 150 Å². The van der Waals surface area contributed by atoms with Gasteiger partial charge in [0.25, 0.3) is 11.6 Å². The zero-order valence-electron chi connectivity index (χ0n) is 44.7. The number of H-pyrrole nitrogens is 3. The van der Waals surface area contributed by atoms with Gasteiger partial charge < -0.3 is 34.8 Å². The van der Waals surface area contributed by atoms with Gasteiger partial charge in [-0.15, -0.1) is 4.33 Å². The average Bonchev–Trinajstić information content (AvgIpc) is 4.09. The third kappa shape index (κ3) is 57.7. The Hall–Kier alpha value is -1.47. The van der Waals surface area contributed by atoms with E-state index in [1.165, 1.54) is 23.2 Å². The van der Waals surface area contributed by atoms with E-state index in [9.17, 15) is 4.79 Å². The fourth-order valence-electron chi connectivity index (χ4n) is 5.12. The quantitative estimate of drug-likeness (QED) is 0.0103. The van der Waals surface area contributed by atoms with Crippen LogP contribution in [-0.4, -0.2) is 147 Å². The van der Waals surface area contributed by atoms with Crippen LogP contribution in [0.2, 0.25) is 0 Å². The SMILES string of the molecule is C.CC(C)COCCCSCCC(=O)O.CC(C)COCCCSCCN.CC(C)COCCCSCCSOOO.CC(C)COCCCSCCc1ncc[nH]1.C[n+]1cc[nH]c1Cc1[nH]cc[n+]1C. The molecule has 71 heavy (non-hydrogen) atoms. The minimum Gasteiger partial charge on any atom is -0.481 e. The Balaban J connectivity index is -0.000000814. The number of carboxylic acid groups (broad SMARTS) is 1. The zero-order valence-corrected chi connectivity index (χ0v) is 48.7. The summed E-state index contributed by atoms with van der Waals surface area (Å²) in [5, 5.41) is 19.7. The molecule has 0 aromatic carbocycles. The summed E-state index contributed by atoms with van der Waals surface area (Å²) in [6.45, 7) is 24.9. The van der Waals surface area contributed by atoms with Crippen molar-refractivity contribution in [2.24, 2.45) is 43.5 Å². The van der Waals surface area contributed by atoms with Crippen LogP contribution in [0.3, 0.4) is 0 Å². The van der Waals surface area contributed by atoms with Gasteiger partial charge in [0, 0.05) is 119 Å². The lowest BCUT2D eigenvalue weighted by Gasteiger charge is -2.06. The third-order valence-electron chi connectivity index (χ3n) is 8.55. The minimum atomic E-state index is -0.714. The standard InChI is InChI=1S/C12H22N2OS.C10H20O3S.C9H12N4.C9H21NOS.C9H20O4S2.CH4/c1-11(2)10-15-7-3-8-16-9-4-12-13-5-6-14-12;1-9(2)8-13-5-3-6-14-7-4-10(11)12;1-12-5-3-10-8(12)7-9-11-4-6-13(9)2;1-9(2)8-11-5-3-6-12-7-4-10;1-9(2)8-11-4-3-5-14-6-7-15-13-12-10;/h5-6,11H,3-4,7-10H2,1-2H3,(H,13,14);9H,3-8H2,1-2H3,(H,11,12);3-6H,7H2,1-2H3;9H,3-8,10H2,1-2H3;9-10H,3-8H2,1-2H3;1H4/p+2. The molecule has 0 spiro atoms. The van der Waals surface area contributed by atoms with Gasteiger partial charge in [-0.3, -0.25) is 4.79 Å². The number of hydrogen-bond donors (Lipinski definition) is 6. The fraction of sp³-hybridized carbons (Fsp3) is 0.800. The number of rotatable bonds is 39. The first-order chi connectivity index (χ1) is 33.7. The molecule has 0 saturated carbocycles. The highest BCUT2D eigenvalue weighted by molar-refractivity contribution is 8.01. The highest BCUT2D eigenvalue weighted by Gasteiger charge is 2.15. The van der Waals surface area contributed by atoms with Crippen molar-refractivity contribution in [2.75, 3.05) is 111 Å². The molecule has 0 unspecified atom stereocenters. The Morgan fingerprint density at radius 1 is 0.620 bits per heavy atom. The van der Waals surface area contributed by atoms with Crippen molar-refractivity contribution in [1.29, 1.82) is 0 Å². The fourth-order valence-corrected chi connectivity index (χ4v) is 8.90. The summed E-state index contributed by atoms with van der Waals surface area (Å²) in [4.78, 5) is 23.9. The summed E-state index contributed by atoms with van der Waals surface area (Å²) in [6, 6.07) is 0. The van der Waals surface area contributed by atoms with Crippen molar-refractivity contribution in [2.45, 2.75) is 108 Å². The lowest BCUT2D eigenvalue weighted by Crippen LogP contribution is -2.35. The summed E-state index contributed by atoms with van der Waals surface area (Å²) < 4.78 is 30.2. The molecule has 3 aromatic rings. The molecule has 3 aromatic heterocycles.